The van der Waals surface area contributed by atoms with Crippen LogP contribution in [0.3, 0.4) is 0 Å². The van der Waals surface area contributed by atoms with Gasteiger partial charge in [0.15, 0.2) is 6.61 Å². The first-order chi connectivity index (χ1) is 7.95. The number of carbonyl (C=O) groups is 1. The molecule has 0 saturated heterocycles. The Balaban J connectivity index is 3.00. The Morgan fingerprint density at radius 3 is 2.76 bits per heavy atom. The maximum Gasteiger partial charge on any atom is 0.343 e. The first-order valence-corrected chi connectivity index (χ1v) is 4.38. The van der Waals surface area contributed by atoms with Crippen LogP contribution in [-0.2, 0) is 9.53 Å². The number of methoxy groups -OCH3 is 1. The van der Waals surface area contributed by atoms with Gasteiger partial charge in [0.1, 0.15) is 5.82 Å². The Labute approximate surface area is 95.1 Å². The molecule has 0 spiro atoms. The smallest absolute Gasteiger partial charge is 0.343 e. The van der Waals surface area contributed by atoms with Gasteiger partial charge in [0.25, 0.3) is 0 Å². The standard InChI is InChI=1S/C9H9FN2O5/c1-16-9(13)4-17-8-2-5(10)6(11)3-7(8)12(14)15/h2-3H,4,11H2,1H3. The summed E-state index contributed by atoms with van der Waals surface area (Å²) in [6.45, 7) is -0.555. The molecule has 0 aromatic heterocycles. The van der Waals surface area contributed by atoms with Gasteiger partial charge in [-0.2, -0.15) is 0 Å². The van der Waals surface area contributed by atoms with Crippen LogP contribution in [0, 0.1) is 15.9 Å². The predicted molar refractivity (Wildman–Crippen MR) is 55.0 cm³/mol. The van der Waals surface area contributed by atoms with E-state index < -0.39 is 29.0 Å². The minimum atomic E-state index is -0.865. The van der Waals surface area contributed by atoms with E-state index in [0.29, 0.717) is 0 Å². The Morgan fingerprint density at radius 2 is 2.24 bits per heavy atom. The third-order valence-electron chi connectivity index (χ3n) is 1.85. The SMILES string of the molecule is COC(=O)COc1cc(F)c(N)cc1[N+](=O)[O-]. The molecular weight excluding hydrogens is 235 g/mol. The number of rotatable bonds is 4. The van der Waals surface area contributed by atoms with Gasteiger partial charge >= 0.3 is 11.7 Å². The number of halogens is 1. The molecule has 0 aliphatic carbocycles. The third-order valence-corrected chi connectivity index (χ3v) is 1.85. The van der Waals surface area contributed by atoms with Crippen molar-refractivity contribution in [2.45, 2.75) is 0 Å². The van der Waals surface area contributed by atoms with E-state index in [-0.39, 0.29) is 11.4 Å². The van der Waals surface area contributed by atoms with E-state index in [9.17, 15) is 19.3 Å². The van der Waals surface area contributed by atoms with E-state index in [2.05, 4.69) is 4.74 Å². The molecule has 92 valence electrons. The summed E-state index contributed by atoms with van der Waals surface area (Å²) in [5, 5.41) is 10.6. The highest BCUT2D eigenvalue weighted by molar-refractivity contribution is 5.71. The zero-order valence-electron chi connectivity index (χ0n) is 8.81. The van der Waals surface area contributed by atoms with Crippen molar-refractivity contribution in [2.75, 3.05) is 19.5 Å². The highest BCUT2D eigenvalue weighted by atomic mass is 19.1. The van der Waals surface area contributed by atoms with Crippen LogP contribution >= 0.6 is 0 Å². The van der Waals surface area contributed by atoms with Crippen molar-refractivity contribution in [1.82, 2.24) is 0 Å². The van der Waals surface area contributed by atoms with E-state index in [1.807, 2.05) is 0 Å². The van der Waals surface area contributed by atoms with Crippen molar-refractivity contribution in [3.05, 3.63) is 28.1 Å². The molecule has 0 bridgehead atoms. The van der Waals surface area contributed by atoms with Crippen LogP contribution in [-0.4, -0.2) is 24.6 Å². The van der Waals surface area contributed by atoms with Gasteiger partial charge in [-0.1, -0.05) is 0 Å². The van der Waals surface area contributed by atoms with Crippen molar-refractivity contribution in [1.29, 1.82) is 0 Å². The molecular formula is C9H9FN2O5. The van der Waals surface area contributed by atoms with Crippen LogP contribution in [0.2, 0.25) is 0 Å². The normalized spacial score (nSPS) is 9.76. The van der Waals surface area contributed by atoms with Gasteiger partial charge in [-0.3, -0.25) is 10.1 Å². The third kappa shape index (κ3) is 3.03. The summed E-state index contributed by atoms with van der Waals surface area (Å²) in [4.78, 5) is 20.6. The number of nitro groups is 1. The van der Waals surface area contributed by atoms with Gasteiger partial charge in [-0.05, 0) is 0 Å². The maximum atomic E-state index is 13.1. The van der Waals surface area contributed by atoms with Crippen molar-refractivity contribution in [3.63, 3.8) is 0 Å². The summed E-state index contributed by atoms with van der Waals surface area (Å²) in [7, 11) is 1.13. The summed E-state index contributed by atoms with van der Waals surface area (Å²) < 4.78 is 22.1. The number of carbonyl (C=O) groups excluding carboxylic acids is 1. The average molecular weight is 244 g/mol. The largest absolute Gasteiger partial charge is 0.475 e. The highest BCUT2D eigenvalue weighted by Gasteiger charge is 2.19. The number of nitro benzene ring substituents is 1. The number of anilines is 1. The lowest BCUT2D eigenvalue weighted by atomic mass is 10.2. The molecule has 0 radical (unpaired) electrons. The van der Waals surface area contributed by atoms with E-state index in [4.69, 9.17) is 10.5 Å². The van der Waals surface area contributed by atoms with Crippen molar-refractivity contribution >= 4 is 17.3 Å². The molecule has 2 N–H and O–H groups in total. The summed E-state index contributed by atoms with van der Waals surface area (Å²) >= 11 is 0. The minimum absolute atomic E-state index is 0.373. The van der Waals surface area contributed by atoms with E-state index in [0.717, 1.165) is 19.2 Å². The Morgan fingerprint density at radius 1 is 1.59 bits per heavy atom. The van der Waals surface area contributed by atoms with Crippen LogP contribution in [0.4, 0.5) is 15.8 Å². The monoisotopic (exact) mass is 244 g/mol. The zero-order valence-corrected chi connectivity index (χ0v) is 8.81. The molecule has 0 unspecified atom stereocenters. The molecule has 1 aromatic rings. The van der Waals surface area contributed by atoms with Crippen molar-refractivity contribution in [3.8, 4) is 5.75 Å². The number of ether oxygens (including phenoxy) is 2. The second-order valence-corrected chi connectivity index (χ2v) is 2.96. The maximum absolute atomic E-state index is 13.1. The molecule has 0 aliphatic heterocycles. The number of nitrogen functional groups attached to an aromatic ring is 1. The number of hydrogen-bond donors (Lipinski definition) is 1. The minimum Gasteiger partial charge on any atom is -0.475 e. The van der Waals surface area contributed by atoms with Crippen LogP contribution in [0.25, 0.3) is 0 Å². The topological polar surface area (TPSA) is 105 Å². The molecule has 1 aromatic carbocycles. The first kappa shape index (κ1) is 12.7. The van der Waals surface area contributed by atoms with Crippen LogP contribution < -0.4 is 10.5 Å². The van der Waals surface area contributed by atoms with Gasteiger partial charge in [0, 0.05) is 12.1 Å². The average Bonchev–Trinajstić information content (AvgIpc) is 2.29. The molecule has 7 nitrogen and oxygen atoms in total. The number of esters is 1. The number of benzene rings is 1. The Kier molecular flexibility index (Phi) is 3.81. The number of nitrogens with two attached hydrogens (primary N) is 1. The fourth-order valence-corrected chi connectivity index (χ4v) is 1.01. The fourth-order valence-electron chi connectivity index (χ4n) is 1.01. The van der Waals surface area contributed by atoms with E-state index >= 15 is 0 Å². The summed E-state index contributed by atoms with van der Waals surface area (Å²) in [6.07, 6.45) is 0. The predicted octanol–water partition coefficient (Wildman–Crippen LogP) is 0.868. The molecule has 8 heteroatoms. The van der Waals surface area contributed by atoms with Gasteiger partial charge in [0.2, 0.25) is 5.75 Å². The van der Waals surface area contributed by atoms with E-state index in [1.54, 1.807) is 0 Å². The molecule has 0 saturated carbocycles. The van der Waals surface area contributed by atoms with Gasteiger partial charge < -0.3 is 15.2 Å². The molecule has 17 heavy (non-hydrogen) atoms. The lowest BCUT2D eigenvalue weighted by Gasteiger charge is -2.06. The molecule has 0 amide bonds. The Hall–Kier alpha value is -2.38. The van der Waals surface area contributed by atoms with Gasteiger partial charge in [-0.15, -0.1) is 0 Å². The Bertz CT molecular complexity index is 463. The van der Waals surface area contributed by atoms with E-state index in [1.165, 1.54) is 0 Å². The summed E-state index contributed by atoms with van der Waals surface area (Å²) in [5.41, 5.74) is 4.29. The molecule has 0 aliphatic rings. The lowest BCUT2D eigenvalue weighted by molar-refractivity contribution is -0.385. The van der Waals surface area contributed by atoms with Gasteiger partial charge in [-0.25, -0.2) is 9.18 Å². The van der Waals surface area contributed by atoms with Gasteiger partial charge in [0.05, 0.1) is 17.7 Å². The number of nitrogens with zero attached hydrogens (tertiary/aromatic N) is 1. The quantitative estimate of drug-likeness (QED) is 0.364. The second-order valence-electron chi connectivity index (χ2n) is 2.96. The summed E-state index contributed by atoms with van der Waals surface area (Å²) in [6, 6.07) is 1.57. The molecule has 1 rings (SSSR count). The molecule has 0 heterocycles. The molecule has 0 atom stereocenters. The lowest BCUT2D eigenvalue weighted by Crippen LogP contribution is -2.13. The van der Waals surface area contributed by atoms with Crippen LogP contribution in [0.1, 0.15) is 0 Å². The molecule has 0 fully saturated rings. The highest BCUT2D eigenvalue weighted by Crippen LogP contribution is 2.31. The van der Waals surface area contributed by atoms with Crippen LogP contribution in [0.5, 0.6) is 5.75 Å². The van der Waals surface area contributed by atoms with Crippen molar-refractivity contribution < 1.29 is 23.6 Å². The van der Waals surface area contributed by atoms with Crippen molar-refractivity contribution in [2.24, 2.45) is 0 Å². The zero-order chi connectivity index (χ0) is 13.0. The number of hydrogen-bond acceptors (Lipinski definition) is 6. The van der Waals surface area contributed by atoms with Crippen LogP contribution in [0.15, 0.2) is 12.1 Å². The first-order valence-electron chi connectivity index (χ1n) is 4.38. The second kappa shape index (κ2) is 5.10. The summed E-state index contributed by atoms with van der Waals surface area (Å²) in [5.74, 6) is -1.99. The fraction of sp³-hybridized carbons (Fsp3) is 0.222.